The zero-order chi connectivity index (χ0) is 12.8. The fourth-order valence-corrected chi connectivity index (χ4v) is 3.22. The maximum Gasteiger partial charge on any atom is 0.0333 e. The van der Waals surface area contributed by atoms with Crippen molar-refractivity contribution in [1.29, 1.82) is 0 Å². The van der Waals surface area contributed by atoms with Gasteiger partial charge in [-0.25, -0.2) is 0 Å². The molecule has 0 aromatic heterocycles. The van der Waals surface area contributed by atoms with Crippen LogP contribution in [0.4, 0.5) is 0 Å². The molecular weight excluding hydrogens is 342 g/mol. The standard InChI is InChI=1S/C14H21Br2N/c1-4-7-17-14(8-10(2)3)12-6-5-11(15)9-13(12)16/h5-6,9-10,14,17H,4,7-8H2,1-3H3. The molecule has 1 N–H and O–H groups in total. The van der Waals surface area contributed by atoms with E-state index in [-0.39, 0.29) is 0 Å². The number of hydrogen-bond acceptors (Lipinski definition) is 1. The Labute approximate surface area is 122 Å². The van der Waals surface area contributed by atoms with Crippen molar-refractivity contribution in [2.24, 2.45) is 5.92 Å². The van der Waals surface area contributed by atoms with Crippen LogP contribution in [0.3, 0.4) is 0 Å². The highest BCUT2D eigenvalue weighted by Gasteiger charge is 2.15. The van der Waals surface area contributed by atoms with E-state index in [4.69, 9.17) is 0 Å². The number of nitrogens with one attached hydrogen (secondary N) is 1. The summed E-state index contributed by atoms with van der Waals surface area (Å²) >= 11 is 7.16. The van der Waals surface area contributed by atoms with Crippen molar-refractivity contribution in [3.8, 4) is 0 Å². The van der Waals surface area contributed by atoms with Crippen LogP contribution in [0.1, 0.15) is 45.2 Å². The van der Waals surface area contributed by atoms with Gasteiger partial charge in [0.25, 0.3) is 0 Å². The average Bonchev–Trinajstić information content (AvgIpc) is 2.24. The van der Waals surface area contributed by atoms with E-state index in [2.05, 4.69) is 76.1 Å². The molecule has 1 nitrogen and oxygen atoms in total. The van der Waals surface area contributed by atoms with Crippen molar-refractivity contribution >= 4 is 31.9 Å². The van der Waals surface area contributed by atoms with Gasteiger partial charge in [-0.3, -0.25) is 0 Å². The molecule has 1 atom stereocenters. The largest absolute Gasteiger partial charge is 0.310 e. The first kappa shape index (κ1) is 15.2. The third-order valence-electron chi connectivity index (χ3n) is 2.69. The molecule has 0 saturated carbocycles. The minimum atomic E-state index is 0.442. The van der Waals surface area contributed by atoms with E-state index >= 15 is 0 Å². The summed E-state index contributed by atoms with van der Waals surface area (Å²) in [6.07, 6.45) is 2.34. The van der Waals surface area contributed by atoms with Crippen LogP contribution >= 0.6 is 31.9 Å². The van der Waals surface area contributed by atoms with Gasteiger partial charge in [-0.2, -0.15) is 0 Å². The first-order valence-corrected chi connectivity index (χ1v) is 7.81. The van der Waals surface area contributed by atoms with Crippen molar-refractivity contribution in [3.63, 3.8) is 0 Å². The summed E-state index contributed by atoms with van der Waals surface area (Å²) in [5.41, 5.74) is 1.36. The van der Waals surface area contributed by atoms with Crippen molar-refractivity contribution in [3.05, 3.63) is 32.7 Å². The molecule has 0 aliphatic rings. The Balaban J connectivity index is 2.86. The van der Waals surface area contributed by atoms with Gasteiger partial charge in [0.2, 0.25) is 0 Å². The quantitative estimate of drug-likeness (QED) is 0.724. The van der Waals surface area contributed by atoms with Gasteiger partial charge in [0.15, 0.2) is 0 Å². The van der Waals surface area contributed by atoms with Gasteiger partial charge in [-0.1, -0.05) is 58.7 Å². The Morgan fingerprint density at radius 1 is 1.24 bits per heavy atom. The van der Waals surface area contributed by atoms with Gasteiger partial charge < -0.3 is 5.32 Å². The van der Waals surface area contributed by atoms with Crippen LogP contribution < -0.4 is 5.32 Å². The van der Waals surface area contributed by atoms with Gasteiger partial charge in [0.1, 0.15) is 0 Å². The highest BCUT2D eigenvalue weighted by atomic mass is 79.9. The minimum Gasteiger partial charge on any atom is -0.310 e. The van der Waals surface area contributed by atoms with Crippen LogP contribution in [-0.4, -0.2) is 6.54 Å². The van der Waals surface area contributed by atoms with Crippen LogP contribution in [0.5, 0.6) is 0 Å². The van der Waals surface area contributed by atoms with Crippen LogP contribution in [-0.2, 0) is 0 Å². The molecule has 0 bridgehead atoms. The fourth-order valence-electron chi connectivity index (χ4n) is 1.89. The van der Waals surface area contributed by atoms with E-state index in [1.54, 1.807) is 0 Å². The Morgan fingerprint density at radius 3 is 2.47 bits per heavy atom. The Hall–Kier alpha value is 0.140. The minimum absolute atomic E-state index is 0.442. The van der Waals surface area contributed by atoms with Crippen LogP contribution in [0.15, 0.2) is 27.1 Å². The predicted molar refractivity (Wildman–Crippen MR) is 82.3 cm³/mol. The second-order valence-electron chi connectivity index (χ2n) is 4.80. The summed E-state index contributed by atoms with van der Waals surface area (Å²) in [4.78, 5) is 0. The molecule has 0 aliphatic heterocycles. The zero-order valence-electron chi connectivity index (χ0n) is 10.8. The molecule has 17 heavy (non-hydrogen) atoms. The molecule has 1 unspecified atom stereocenters. The number of rotatable bonds is 6. The van der Waals surface area contributed by atoms with Crippen LogP contribution in [0, 0.1) is 5.92 Å². The van der Waals surface area contributed by atoms with Gasteiger partial charge in [-0.15, -0.1) is 0 Å². The molecule has 0 aliphatic carbocycles. The average molecular weight is 363 g/mol. The lowest BCUT2D eigenvalue weighted by Gasteiger charge is -2.22. The van der Waals surface area contributed by atoms with E-state index in [9.17, 15) is 0 Å². The SMILES string of the molecule is CCCNC(CC(C)C)c1ccc(Br)cc1Br. The van der Waals surface area contributed by atoms with Gasteiger partial charge in [0, 0.05) is 15.0 Å². The van der Waals surface area contributed by atoms with E-state index in [0.29, 0.717) is 12.0 Å². The second kappa shape index (κ2) is 7.55. The molecule has 0 fully saturated rings. The third-order valence-corrected chi connectivity index (χ3v) is 3.87. The summed E-state index contributed by atoms with van der Waals surface area (Å²) < 4.78 is 2.30. The lowest BCUT2D eigenvalue weighted by Crippen LogP contribution is -2.23. The molecule has 0 amide bonds. The molecule has 0 saturated heterocycles. The number of hydrogen-bond donors (Lipinski definition) is 1. The topological polar surface area (TPSA) is 12.0 Å². The first-order chi connectivity index (χ1) is 8.04. The second-order valence-corrected chi connectivity index (χ2v) is 6.57. The summed E-state index contributed by atoms with van der Waals surface area (Å²) in [7, 11) is 0. The number of halogens is 2. The molecule has 1 rings (SSSR count). The van der Waals surface area contributed by atoms with E-state index in [1.165, 1.54) is 22.9 Å². The molecule has 1 aromatic rings. The van der Waals surface area contributed by atoms with Gasteiger partial charge in [0.05, 0.1) is 0 Å². The molecule has 0 radical (unpaired) electrons. The Bertz CT molecular complexity index is 350. The summed E-state index contributed by atoms with van der Waals surface area (Å²) in [5.74, 6) is 0.694. The smallest absolute Gasteiger partial charge is 0.0333 e. The first-order valence-electron chi connectivity index (χ1n) is 6.23. The lowest BCUT2D eigenvalue weighted by molar-refractivity contribution is 0.429. The van der Waals surface area contributed by atoms with Crippen molar-refractivity contribution in [2.45, 2.75) is 39.7 Å². The fraction of sp³-hybridized carbons (Fsp3) is 0.571. The third kappa shape index (κ3) is 5.11. The van der Waals surface area contributed by atoms with Gasteiger partial charge in [-0.05, 0) is 43.0 Å². The molecule has 0 heterocycles. The summed E-state index contributed by atoms with van der Waals surface area (Å²) in [6.45, 7) is 7.82. The highest BCUT2D eigenvalue weighted by Crippen LogP contribution is 2.30. The summed E-state index contributed by atoms with van der Waals surface area (Å²) in [6, 6.07) is 6.87. The Kier molecular flexibility index (Phi) is 6.75. The summed E-state index contributed by atoms with van der Waals surface area (Å²) in [5, 5.41) is 3.63. The maximum absolute atomic E-state index is 3.66. The molecular formula is C14H21Br2N. The van der Waals surface area contributed by atoms with E-state index in [0.717, 1.165) is 11.0 Å². The van der Waals surface area contributed by atoms with E-state index < -0.39 is 0 Å². The molecule has 3 heteroatoms. The van der Waals surface area contributed by atoms with Crippen molar-refractivity contribution in [2.75, 3.05) is 6.54 Å². The molecule has 0 spiro atoms. The lowest BCUT2D eigenvalue weighted by atomic mass is 9.97. The zero-order valence-corrected chi connectivity index (χ0v) is 13.9. The van der Waals surface area contributed by atoms with Gasteiger partial charge >= 0.3 is 0 Å². The van der Waals surface area contributed by atoms with Crippen molar-refractivity contribution in [1.82, 2.24) is 5.32 Å². The maximum atomic E-state index is 3.66. The normalized spacial score (nSPS) is 13.1. The van der Waals surface area contributed by atoms with Crippen LogP contribution in [0.25, 0.3) is 0 Å². The highest BCUT2D eigenvalue weighted by molar-refractivity contribution is 9.11. The Morgan fingerprint density at radius 2 is 1.94 bits per heavy atom. The number of benzene rings is 1. The van der Waals surface area contributed by atoms with Crippen molar-refractivity contribution < 1.29 is 0 Å². The van der Waals surface area contributed by atoms with E-state index in [1.807, 2.05) is 0 Å². The monoisotopic (exact) mass is 361 g/mol. The predicted octanol–water partition coefficient (Wildman–Crippen LogP) is 5.30. The molecule has 96 valence electrons. The molecule has 1 aromatic carbocycles. The van der Waals surface area contributed by atoms with Crippen LogP contribution in [0.2, 0.25) is 0 Å².